The van der Waals surface area contributed by atoms with Gasteiger partial charge in [0.1, 0.15) is 0 Å². The highest BCUT2D eigenvalue weighted by molar-refractivity contribution is 7.10. The van der Waals surface area contributed by atoms with E-state index in [-0.39, 0.29) is 19.1 Å². The number of hydrogen-bond acceptors (Lipinski definition) is 5. The summed E-state index contributed by atoms with van der Waals surface area (Å²) in [4.78, 5) is 25.1. The number of hydrogen-bond donors (Lipinski definition) is 0. The molecule has 2 rings (SSSR count). The minimum absolute atomic E-state index is 0.0874. The first-order valence-electron chi connectivity index (χ1n) is 6.04. The lowest BCUT2D eigenvalue weighted by atomic mass is 10.0. The van der Waals surface area contributed by atoms with Crippen LogP contribution in [0.5, 0.6) is 0 Å². The van der Waals surface area contributed by atoms with E-state index in [1.165, 1.54) is 0 Å². The average Bonchev–Trinajstić information content (AvgIpc) is 2.88. The molecule has 0 radical (unpaired) electrons. The number of thiophene rings is 1. The molecule has 1 aromatic heterocycles. The van der Waals surface area contributed by atoms with Crippen LogP contribution in [0, 0.1) is 5.41 Å². The third kappa shape index (κ3) is 2.03. The van der Waals surface area contributed by atoms with Crippen LogP contribution in [0.15, 0.2) is 17.5 Å². The van der Waals surface area contributed by atoms with E-state index >= 15 is 0 Å². The quantitative estimate of drug-likeness (QED) is 0.607. The Bertz CT molecular complexity index is 420. The zero-order valence-corrected chi connectivity index (χ0v) is 11.3. The lowest BCUT2D eigenvalue weighted by Crippen LogP contribution is -2.31. The molecule has 0 unspecified atom stereocenters. The maximum absolute atomic E-state index is 12.0. The Morgan fingerprint density at radius 2 is 1.94 bits per heavy atom. The maximum Gasteiger partial charge on any atom is 0.324 e. The first-order chi connectivity index (χ1) is 8.66. The minimum Gasteiger partial charge on any atom is -0.465 e. The molecule has 1 saturated carbocycles. The third-order valence-electron chi connectivity index (χ3n) is 3.13. The highest BCUT2D eigenvalue weighted by Crippen LogP contribution is 2.61. The van der Waals surface area contributed by atoms with Crippen molar-refractivity contribution in [3.63, 3.8) is 0 Å². The zero-order valence-electron chi connectivity index (χ0n) is 10.5. The van der Waals surface area contributed by atoms with Crippen LogP contribution in [0.1, 0.15) is 31.1 Å². The van der Waals surface area contributed by atoms with Gasteiger partial charge in [0.15, 0.2) is 5.41 Å². The van der Waals surface area contributed by atoms with Crippen molar-refractivity contribution in [1.82, 2.24) is 0 Å². The molecule has 1 aliphatic carbocycles. The highest BCUT2D eigenvalue weighted by atomic mass is 32.1. The third-order valence-corrected chi connectivity index (χ3v) is 4.11. The normalized spacial score (nSPS) is 20.2. The Kier molecular flexibility index (Phi) is 3.71. The van der Waals surface area contributed by atoms with E-state index in [9.17, 15) is 9.59 Å². The van der Waals surface area contributed by atoms with Crippen LogP contribution >= 0.6 is 11.3 Å². The molecule has 1 aromatic rings. The van der Waals surface area contributed by atoms with E-state index in [1.807, 2.05) is 17.5 Å². The van der Waals surface area contributed by atoms with Gasteiger partial charge in [-0.25, -0.2) is 0 Å². The topological polar surface area (TPSA) is 52.6 Å². The van der Waals surface area contributed by atoms with E-state index in [0.717, 1.165) is 4.88 Å². The van der Waals surface area contributed by atoms with Crippen LogP contribution in [0.25, 0.3) is 0 Å². The maximum atomic E-state index is 12.0. The number of rotatable bonds is 5. The van der Waals surface area contributed by atoms with E-state index in [1.54, 1.807) is 25.2 Å². The Balaban J connectivity index is 2.21. The molecule has 0 aliphatic heterocycles. The minimum atomic E-state index is -1.10. The van der Waals surface area contributed by atoms with Gasteiger partial charge in [-0.2, -0.15) is 0 Å². The van der Waals surface area contributed by atoms with Crippen LogP contribution in [0.3, 0.4) is 0 Å². The summed E-state index contributed by atoms with van der Waals surface area (Å²) >= 11 is 1.55. The van der Waals surface area contributed by atoms with Crippen molar-refractivity contribution in [3.8, 4) is 0 Å². The van der Waals surface area contributed by atoms with Crippen LogP contribution in [-0.4, -0.2) is 25.2 Å². The van der Waals surface area contributed by atoms with E-state index in [0.29, 0.717) is 6.42 Å². The van der Waals surface area contributed by atoms with E-state index in [4.69, 9.17) is 9.47 Å². The van der Waals surface area contributed by atoms with Gasteiger partial charge in [0, 0.05) is 10.8 Å². The van der Waals surface area contributed by atoms with Gasteiger partial charge in [0.05, 0.1) is 13.2 Å². The van der Waals surface area contributed by atoms with E-state index in [2.05, 4.69) is 0 Å². The van der Waals surface area contributed by atoms with Crippen molar-refractivity contribution >= 4 is 23.3 Å². The fourth-order valence-electron chi connectivity index (χ4n) is 2.15. The fourth-order valence-corrected chi connectivity index (χ4v) is 3.07. The monoisotopic (exact) mass is 268 g/mol. The summed E-state index contributed by atoms with van der Waals surface area (Å²) in [5.41, 5.74) is -1.10. The molecule has 0 spiro atoms. The molecule has 1 atom stereocenters. The predicted molar refractivity (Wildman–Crippen MR) is 67.4 cm³/mol. The molecule has 98 valence electrons. The van der Waals surface area contributed by atoms with Gasteiger partial charge in [0.25, 0.3) is 0 Å². The Morgan fingerprint density at radius 1 is 1.33 bits per heavy atom. The number of carbonyl (C=O) groups is 2. The SMILES string of the molecule is CCOC(=O)C1(C(=O)OCC)C[C@H]1c1cccs1. The molecule has 0 N–H and O–H groups in total. The van der Waals surface area contributed by atoms with Crippen molar-refractivity contribution in [2.45, 2.75) is 26.2 Å². The Morgan fingerprint density at radius 3 is 2.39 bits per heavy atom. The predicted octanol–water partition coefficient (Wildman–Crippen LogP) is 2.35. The second-order valence-electron chi connectivity index (χ2n) is 4.18. The number of ether oxygens (including phenoxy) is 2. The summed E-state index contributed by atoms with van der Waals surface area (Å²) < 4.78 is 10.1. The standard InChI is InChI=1S/C13H16O4S/c1-3-16-11(14)13(12(15)17-4-2)8-9(13)10-6-5-7-18-10/h5-7,9H,3-4,8H2,1-2H3/t9-/m0/s1. The molecule has 5 heteroatoms. The molecular weight excluding hydrogens is 252 g/mol. The first kappa shape index (κ1) is 13.1. The number of esters is 2. The van der Waals surface area contributed by atoms with Gasteiger partial charge in [-0.15, -0.1) is 11.3 Å². The summed E-state index contributed by atoms with van der Waals surface area (Å²) in [6.07, 6.45) is 0.491. The van der Waals surface area contributed by atoms with E-state index < -0.39 is 17.4 Å². The van der Waals surface area contributed by atoms with Gasteiger partial charge in [-0.3, -0.25) is 9.59 Å². The summed E-state index contributed by atoms with van der Waals surface area (Å²) in [5, 5.41) is 1.94. The second kappa shape index (κ2) is 5.10. The highest BCUT2D eigenvalue weighted by Gasteiger charge is 2.69. The van der Waals surface area contributed by atoms with Gasteiger partial charge in [-0.05, 0) is 31.7 Å². The number of carbonyl (C=O) groups excluding carboxylic acids is 2. The Labute approximate surface area is 110 Å². The van der Waals surface area contributed by atoms with Crippen molar-refractivity contribution in [2.24, 2.45) is 5.41 Å². The lowest BCUT2D eigenvalue weighted by Gasteiger charge is -2.14. The van der Waals surface area contributed by atoms with Crippen molar-refractivity contribution in [2.75, 3.05) is 13.2 Å². The molecule has 1 aliphatic rings. The second-order valence-corrected chi connectivity index (χ2v) is 5.16. The molecule has 4 nitrogen and oxygen atoms in total. The van der Waals surface area contributed by atoms with Gasteiger partial charge >= 0.3 is 11.9 Å². The summed E-state index contributed by atoms with van der Waals surface area (Å²) in [7, 11) is 0. The molecule has 0 amide bonds. The molecule has 18 heavy (non-hydrogen) atoms. The zero-order chi connectivity index (χ0) is 13.2. The summed E-state index contributed by atoms with van der Waals surface area (Å²) in [5.74, 6) is -1.00. The van der Waals surface area contributed by atoms with Crippen molar-refractivity contribution < 1.29 is 19.1 Å². The van der Waals surface area contributed by atoms with Crippen molar-refractivity contribution in [1.29, 1.82) is 0 Å². The van der Waals surface area contributed by atoms with Crippen LogP contribution in [0.4, 0.5) is 0 Å². The average molecular weight is 268 g/mol. The molecule has 0 aromatic carbocycles. The molecule has 0 saturated heterocycles. The van der Waals surface area contributed by atoms with Crippen LogP contribution in [-0.2, 0) is 19.1 Å². The van der Waals surface area contributed by atoms with Crippen molar-refractivity contribution in [3.05, 3.63) is 22.4 Å². The van der Waals surface area contributed by atoms with Gasteiger partial charge < -0.3 is 9.47 Å². The molecular formula is C13H16O4S. The Hall–Kier alpha value is -1.36. The molecule has 0 bridgehead atoms. The van der Waals surface area contributed by atoms with Crippen LogP contribution in [0.2, 0.25) is 0 Å². The fraction of sp³-hybridized carbons (Fsp3) is 0.538. The lowest BCUT2D eigenvalue weighted by molar-refractivity contribution is -0.164. The summed E-state index contributed by atoms with van der Waals surface area (Å²) in [6.45, 7) is 4.02. The molecule has 1 fully saturated rings. The van der Waals surface area contributed by atoms with Crippen LogP contribution < -0.4 is 0 Å². The smallest absolute Gasteiger partial charge is 0.324 e. The van der Waals surface area contributed by atoms with Gasteiger partial charge in [-0.1, -0.05) is 6.07 Å². The van der Waals surface area contributed by atoms with Gasteiger partial charge in [0.2, 0.25) is 0 Å². The first-order valence-corrected chi connectivity index (χ1v) is 6.92. The molecule has 1 heterocycles. The summed E-state index contributed by atoms with van der Waals surface area (Å²) in [6, 6.07) is 3.86. The largest absolute Gasteiger partial charge is 0.465 e.